The fourth-order valence-corrected chi connectivity index (χ4v) is 2.16. The highest BCUT2D eigenvalue weighted by molar-refractivity contribution is 6.31. The van der Waals surface area contributed by atoms with Crippen LogP contribution in [-0.4, -0.2) is 5.84 Å². The second-order valence-corrected chi connectivity index (χ2v) is 5.02. The fraction of sp³-hybridized carbons (Fsp3) is 0.188. The summed E-state index contributed by atoms with van der Waals surface area (Å²) in [6.45, 7) is 2.11. The van der Waals surface area contributed by atoms with E-state index in [4.69, 9.17) is 27.5 Å². The van der Waals surface area contributed by atoms with Gasteiger partial charge in [0.15, 0.2) is 0 Å². The SMILES string of the molecule is CCc1cc(OCc2ccc(C(=N)N)cc2F)ccc1Cl. The summed E-state index contributed by atoms with van der Waals surface area (Å²) in [6, 6.07) is 9.78. The van der Waals surface area contributed by atoms with E-state index >= 15 is 0 Å². The molecule has 110 valence electrons. The molecule has 3 N–H and O–H groups in total. The predicted molar refractivity (Wildman–Crippen MR) is 82.6 cm³/mol. The number of nitrogens with two attached hydrogens (primary N) is 1. The van der Waals surface area contributed by atoms with Crippen molar-refractivity contribution in [2.75, 3.05) is 0 Å². The number of ether oxygens (including phenoxy) is 1. The summed E-state index contributed by atoms with van der Waals surface area (Å²) >= 11 is 6.04. The molecule has 2 aromatic carbocycles. The summed E-state index contributed by atoms with van der Waals surface area (Å²) < 4.78 is 19.5. The molecule has 0 heterocycles. The summed E-state index contributed by atoms with van der Waals surface area (Å²) in [7, 11) is 0. The molecule has 5 heteroatoms. The second kappa shape index (κ2) is 6.59. The highest BCUT2D eigenvalue weighted by Gasteiger charge is 2.07. The van der Waals surface area contributed by atoms with Crippen molar-refractivity contribution in [1.29, 1.82) is 5.41 Å². The van der Waals surface area contributed by atoms with Crippen LogP contribution >= 0.6 is 11.6 Å². The Morgan fingerprint density at radius 3 is 2.62 bits per heavy atom. The van der Waals surface area contributed by atoms with Crippen LogP contribution in [0.15, 0.2) is 36.4 Å². The van der Waals surface area contributed by atoms with Crippen LogP contribution in [0.3, 0.4) is 0 Å². The van der Waals surface area contributed by atoms with Crippen molar-refractivity contribution in [3.63, 3.8) is 0 Å². The molecule has 0 aliphatic rings. The van der Waals surface area contributed by atoms with Crippen molar-refractivity contribution in [3.05, 3.63) is 63.9 Å². The molecule has 0 fully saturated rings. The van der Waals surface area contributed by atoms with Gasteiger partial charge >= 0.3 is 0 Å². The van der Waals surface area contributed by atoms with Crippen LogP contribution in [-0.2, 0) is 13.0 Å². The lowest BCUT2D eigenvalue weighted by molar-refractivity contribution is 0.299. The van der Waals surface area contributed by atoms with Crippen LogP contribution in [0.1, 0.15) is 23.6 Å². The number of rotatable bonds is 5. The van der Waals surface area contributed by atoms with Gasteiger partial charge in [-0.25, -0.2) is 4.39 Å². The summed E-state index contributed by atoms with van der Waals surface area (Å²) in [5.74, 6) is 0.0466. The quantitative estimate of drug-likeness (QED) is 0.650. The van der Waals surface area contributed by atoms with Crippen LogP contribution in [0.4, 0.5) is 4.39 Å². The molecule has 0 saturated carbocycles. The Hall–Kier alpha value is -2.07. The van der Waals surface area contributed by atoms with Crippen LogP contribution < -0.4 is 10.5 Å². The van der Waals surface area contributed by atoms with Crippen molar-refractivity contribution >= 4 is 17.4 Å². The van der Waals surface area contributed by atoms with E-state index in [2.05, 4.69) is 0 Å². The lowest BCUT2D eigenvalue weighted by atomic mass is 10.1. The number of benzene rings is 2. The maximum absolute atomic E-state index is 13.9. The molecule has 0 radical (unpaired) electrons. The summed E-state index contributed by atoms with van der Waals surface area (Å²) in [5.41, 5.74) is 7.07. The molecule has 21 heavy (non-hydrogen) atoms. The molecular formula is C16H16ClFN2O. The molecule has 0 bridgehead atoms. The topological polar surface area (TPSA) is 59.1 Å². The largest absolute Gasteiger partial charge is 0.489 e. The maximum Gasteiger partial charge on any atom is 0.130 e. The van der Waals surface area contributed by atoms with Gasteiger partial charge in [0.1, 0.15) is 24.0 Å². The van der Waals surface area contributed by atoms with E-state index in [1.54, 1.807) is 24.3 Å². The zero-order valence-electron chi connectivity index (χ0n) is 11.6. The Balaban J connectivity index is 2.11. The Bertz CT molecular complexity index is 673. The molecule has 0 atom stereocenters. The van der Waals surface area contributed by atoms with E-state index in [-0.39, 0.29) is 12.4 Å². The number of halogens is 2. The van der Waals surface area contributed by atoms with Crippen molar-refractivity contribution in [1.82, 2.24) is 0 Å². The first-order valence-electron chi connectivity index (χ1n) is 6.55. The van der Waals surface area contributed by atoms with Gasteiger partial charge in [-0.15, -0.1) is 0 Å². The van der Waals surface area contributed by atoms with Gasteiger partial charge < -0.3 is 10.5 Å². The molecule has 0 aromatic heterocycles. The van der Waals surface area contributed by atoms with Crippen LogP contribution in [0, 0.1) is 11.2 Å². The molecule has 0 aliphatic heterocycles. The first kappa shape index (κ1) is 15.3. The minimum absolute atomic E-state index is 0.106. The van der Waals surface area contributed by atoms with Crippen LogP contribution in [0.25, 0.3) is 0 Å². The fourth-order valence-electron chi connectivity index (χ4n) is 1.90. The van der Waals surface area contributed by atoms with Gasteiger partial charge in [-0.05, 0) is 36.2 Å². The molecule has 2 aromatic rings. The Kier molecular flexibility index (Phi) is 4.81. The normalized spacial score (nSPS) is 10.4. The van der Waals surface area contributed by atoms with Gasteiger partial charge in [0.25, 0.3) is 0 Å². The van der Waals surface area contributed by atoms with Gasteiger partial charge in [0.05, 0.1) is 0 Å². The van der Waals surface area contributed by atoms with Crippen molar-refractivity contribution < 1.29 is 9.13 Å². The van der Waals surface area contributed by atoms with Crippen LogP contribution in [0.2, 0.25) is 5.02 Å². The number of hydrogen-bond acceptors (Lipinski definition) is 2. The lowest BCUT2D eigenvalue weighted by Gasteiger charge is -2.10. The molecule has 0 unspecified atom stereocenters. The molecule has 0 aliphatic carbocycles. The van der Waals surface area contributed by atoms with Crippen molar-refractivity contribution in [3.8, 4) is 5.75 Å². The third-order valence-electron chi connectivity index (χ3n) is 3.16. The average Bonchev–Trinajstić information content (AvgIpc) is 2.47. The molecule has 2 rings (SSSR count). The predicted octanol–water partition coefficient (Wildman–Crippen LogP) is 3.90. The van der Waals surface area contributed by atoms with E-state index in [0.717, 1.165) is 12.0 Å². The number of nitrogens with one attached hydrogen (secondary N) is 1. The molecule has 0 saturated heterocycles. The zero-order valence-corrected chi connectivity index (χ0v) is 12.4. The van der Waals surface area contributed by atoms with E-state index in [9.17, 15) is 4.39 Å². The van der Waals surface area contributed by atoms with E-state index in [0.29, 0.717) is 21.9 Å². The van der Waals surface area contributed by atoms with E-state index < -0.39 is 5.82 Å². The highest BCUT2D eigenvalue weighted by Crippen LogP contribution is 2.23. The summed E-state index contributed by atoms with van der Waals surface area (Å²) in [5, 5.41) is 7.97. The van der Waals surface area contributed by atoms with Gasteiger partial charge in [-0.3, -0.25) is 5.41 Å². The number of hydrogen-bond donors (Lipinski definition) is 2. The number of amidine groups is 1. The maximum atomic E-state index is 13.9. The smallest absolute Gasteiger partial charge is 0.130 e. The van der Waals surface area contributed by atoms with Gasteiger partial charge in [-0.2, -0.15) is 0 Å². The molecular weight excluding hydrogens is 291 g/mol. The molecule has 0 amide bonds. The van der Waals surface area contributed by atoms with Crippen LogP contribution in [0.5, 0.6) is 5.75 Å². The van der Waals surface area contributed by atoms with Gasteiger partial charge in [0.2, 0.25) is 0 Å². The number of aryl methyl sites for hydroxylation is 1. The van der Waals surface area contributed by atoms with Gasteiger partial charge in [0, 0.05) is 16.1 Å². The minimum Gasteiger partial charge on any atom is -0.489 e. The molecule has 3 nitrogen and oxygen atoms in total. The van der Waals surface area contributed by atoms with E-state index in [1.165, 1.54) is 6.07 Å². The Morgan fingerprint density at radius 1 is 1.24 bits per heavy atom. The summed E-state index contributed by atoms with van der Waals surface area (Å²) in [4.78, 5) is 0. The van der Waals surface area contributed by atoms with E-state index in [1.807, 2.05) is 13.0 Å². The van der Waals surface area contributed by atoms with Crippen molar-refractivity contribution in [2.24, 2.45) is 5.73 Å². The summed E-state index contributed by atoms with van der Waals surface area (Å²) in [6.07, 6.45) is 0.803. The molecule has 0 spiro atoms. The minimum atomic E-state index is -0.438. The monoisotopic (exact) mass is 306 g/mol. The third kappa shape index (κ3) is 3.73. The first-order valence-corrected chi connectivity index (χ1v) is 6.93. The van der Waals surface area contributed by atoms with Crippen molar-refractivity contribution in [2.45, 2.75) is 20.0 Å². The Labute approximate surface area is 128 Å². The average molecular weight is 307 g/mol. The first-order chi connectivity index (χ1) is 10.0. The number of nitrogen functional groups attached to an aromatic ring is 1. The zero-order chi connectivity index (χ0) is 15.4. The lowest BCUT2D eigenvalue weighted by Crippen LogP contribution is -2.12. The standard InChI is InChI=1S/C16H16ClFN2O/c1-2-10-7-13(5-6-14(10)17)21-9-12-4-3-11(16(19)20)8-15(12)18/h3-8H,2,9H2,1H3,(H3,19,20). The Morgan fingerprint density at radius 2 is 2.00 bits per heavy atom. The third-order valence-corrected chi connectivity index (χ3v) is 3.53. The highest BCUT2D eigenvalue weighted by atomic mass is 35.5. The second-order valence-electron chi connectivity index (χ2n) is 4.62. The van der Waals surface area contributed by atoms with Gasteiger partial charge in [-0.1, -0.05) is 30.7 Å².